The van der Waals surface area contributed by atoms with E-state index in [9.17, 15) is 4.79 Å². The summed E-state index contributed by atoms with van der Waals surface area (Å²) in [6, 6.07) is 12.1. The molecule has 0 spiro atoms. The third-order valence-electron chi connectivity index (χ3n) is 6.24. The number of aromatic nitrogens is 5. The van der Waals surface area contributed by atoms with Crippen LogP contribution >= 0.6 is 11.8 Å². The zero-order chi connectivity index (χ0) is 22.9. The molecule has 0 bridgehead atoms. The predicted octanol–water partition coefficient (Wildman–Crippen LogP) is 5.23. The number of H-pyrrole nitrogens is 1. The van der Waals surface area contributed by atoms with Crippen molar-refractivity contribution in [2.45, 2.75) is 54.9 Å². The average Bonchev–Trinajstić information content (AvgIpc) is 3.18. The SMILES string of the molecule is COc1nc(Sc2ccc(C)cc2)ccc1-c1nc2c(c(C3CCCCC3)nn2C)c(=O)[nH]1. The van der Waals surface area contributed by atoms with Crippen LogP contribution in [0.5, 0.6) is 5.88 Å². The van der Waals surface area contributed by atoms with E-state index in [4.69, 9.17) is 14.8 Å². The summed E-state index contributed by atoms with van der Waals surface area (Å²) < 4.78 is 7.29. The van der Waals surface area contributed by atoms with Crippen LogP contribution in [-0.2, 0) is 7.05 Å². The van der Waals surface area contributed by atoms with Gasteiger partial charge in [0.15, 0.2) is 5.65 Å². The largest absolute Gasteiger partial charge is 0.480 e. The quantitative estimate of drug-likeness (QED) is 0.438. The molecule has 1 saturated carbocycles. The molecule has 0 unspecified atom stereocenters. The van der Waals surface area contributed by atoms with Crippen molar-refractivity contribution in [3.8, 4) is 17.3 Å². The molecule has 33 heavy (non-hydrogen) atoms. The molecule has 1 N–H and O–H groups in total. The summed E-state index contributed by atoms with van der Waals surface area (Å²) in [7, 11) is 3.43. The second-order valence-corrected chi connectivity index (χ2v) is 9.67. The Balaban J connectivity index is 1.52. The molecule has 1 fully saturated rings. The molecular weight excluding hydrogens is 434 g/mol. The molecule has 0 saturated heterocycles. The van der Waals surface area contributed by atoms with Gasteiger partial charge in [0.05, 0.1) is 18.4 Å². The van der Waals surface area contributed by atoms with Crippen molar-refractivity contribution >= 4 is 22.8 Å². The molecule has 3 aromatic heterocycles. The monoisotopic (exact) mass is 461 g/mol. The van der Waals surface area contributed by atoms with Crippen molar-refractivity contribution in [3.63, 3.8) is 0 Å². The van der Waals surface area contributed by atoms with Gasteiger partial charge in [0.1, 0.15) is 16.2 Å². The van der Waals surface area contributed by atoms with E-state index in [-0.39, 0.29) is 5.56 Å². The molecule has 3 heterocycles. The van der Waals surface area contributed by atoms with Crippen molar-refractivity contribution in [1.29, 1.82) is 0 Å². The van der Waals surface area contributed by atoms with Crippen LogP contribution in [0, 0.1) is 6.92 Å². The number of nitrogens with one attached hydrogen (secondary N) is 1. The maximum atomic E-state index is 13.2. The molecule has 0 amide bonds. The predicted molar refractivity (Wildman–Crippen MR) is 130 cm³/mol. The molecule has 170 valence electrons. The van der Waals surface area contributed by atoms with Crippen LogP contribution in [0.3, 0.4) is 0 Å². The van der Waals surface area contributed by atoms with Gasteiger partial charge in [0.25, 0.3) is 5.56 Å². The highest BCUT2D eigenvalue weighted by Gasteiger charge is 2.25. The molecule has 1 aliphatic carbocycles. The second kappa shape index (κ2) is 9.02. The highest BCUT2D eigenvalue weighted by Crippen LogP contribution is 2.36. The zero-order valence-electron chi connectivity index (χ0n) is 19.1. The van der Waals surface area contributed by atoms with Crippen LogP contribution in [0.2, 0.25) is 0 Å². The Labute approximate surface area is 196 Å². The number of methoxy groups -OCH3 is 1. The van der Waals surface area contributed by atoms with Gasteiger partial charge in [0.2, 0.25) is 5.88 Å². The summed E-state index contributed by atoms with van der Waals surface area (Å²) >= 11 is 1.56. The first-order valence-corrected chi connectivity index (χ1v) is 12.1. The Bertz CT molecular complexity index is 1350. The summed E-state index contributed by atoms with van der Waals surface area (Å²) in [5.41, 5.74) is 3.17. The summed E-state index contributed by atoms with van der Waals surface area (Å²) in [5, 5.41) is 6.11. The normalized spacial score (nSPS) is 14.6. The van der Waals surface area contributed by atoms with Crippen LogP contribution in [0.25, 0.3) is 22.4 Å². The Morgan fingerprint density at radius 1 is 1.06 bits per heavy atom. The van der Waals surface area contributed by atoms with Gasteiger partial charge >= 0.3 is 0 Å². The van der Waals surface area contributed by atoms with Crippen LogP contribution in [-0.4, -0.2) is 31.8 Å². The number of benzene rings is 1. The number of aryl methyl sites for hydroxylation is 2. The lowest BCUT2D eigenvalue weighted by molar-refractivity contribution is 0.396. The summed E-state index contributed by atoms with van der Waals surface area (Å²) in [6.45, 7) is 2.06. The zero-order valence-corrected chi connectivity index (χ0v) is 19.9. The van der Waals surface area contributed by atoms with Gasteiger partial charge in [-0.2, -0.15) is 5.10 Å². The molecule has 1 aliphatic rings. The highest BCUT2D eigenvalue weighted by molar-refractivity contribution is 7.99. The third kappa shape index (κ3) is 4.27. The minimum absolute atomic E-state index is 0.163. The fraction of sp³-hybridized carbons (Fsp3) is 0.360. The Morgan fingerprint density at radius 3 is 2.55 bits per heavy atom. The van der Waals surface area contributed by atoms with Gasteiger partial charge in [-0.15, -0.1) is 0 Å². The molecule has 8 heteroatoms. The highest BCUT2D eigenvalue weighted by atomic mass is 32.2. The number of fused-ring (bicyclic) bond motifs is 1. The molecule has 4 aromatic rings. The first-order valence-electron chi connectivity index (χ1n) is 11.3. The number of hydrogen-bond donors (Lipinski definition) is 1. The van der Waals surface area contributed by atoms with Crippen LogP contribution in [0.4, 0.5) is 0 Å². The standard InChI is InChI=1S/C25H27N5O2S/c1-15-9-11-17(12-10-15)33-19-14-13-18(25(26-19)32-3)22-27-23-20(24(31)28-22)21(29-30(23)2)16-7-5-4-6-8-16/h9-14,16H,4-8H2,1-3H3,(H,27,28,31). The number of pyridine rings is 1. The number of nitrogens with zero attached hydrogens (tertiary/aromatic N) is 4. The third-order valence-corrected chi connectivity index (χ3v) is 7.18. The lowest BCUT2D eigenvalue weighted by atomic mass is 9.86. The van der Waals surface area contributed by atoms with E-state index >= 15 is 0 Å². The average molecular weight is 462 g/mol. The Hall–Kier alpha value is -3.13. The number of rotatable bonds is 5. The lowest BCUT2D eigenvalue weighted by Crippen LogP contribution is -2.13. The molecule has 0 radical (unpaired) electrons. The Kier molecular flexibility index (Phi) is 5.93. The molecule has 7 nitrogen and oxygen atoms in total. The molecule has 5 rings (SSSR count). The maximum Gasteiger partial charge on any atom is 0.262 e. The Morgan fingerprint density at radius 2 is 1.82 bits per heavy atom. The summed E-state index contributed by atoms with van der Waals surface area (Å²) in [5.74, 6) is 1.18. The minimum Gasteiger partial charge on any atom is -0.480 e. The van der Waals surface area contributed by atoms with Gasteiger partial charge in [0, 0.05) is 17.9 Å². The smallest absolute Gasteiger partial charge is 0.262 e. The fourth-order valence-corrected chi connectivity index (χ4v) is 5.30. The minimum atomic E-state index is -0.163. The first-order chi connectivity index (χ1) is 16.0. The van der Waals surface area contributed by atoms with Crippen molar-refractivity contribution in [2.75, 3.05) is 7.11 Å². The van der Waals surface area contributed by atoms with Crippen molar-refractivity contribution in [2.24, 2.45) is 7.05 Å². The van der Waals surface area contributed by atoms with Crippen molar-refractivity contribution in [3.05, 3.63) is 58.0 Å². The topological polar surface area (TPSA) is 85.7 Å². The van der Waals surface area contributed by atoms with E-state index in [1.807, 2.05) is 19.2 Å². The van der Waals surface area contributed by atoms with E-state index in [2.05, 4.69) is 41.2 Å². The lowest BCUT2D eigenvalue weighted by Gasteiger charge is -2.19. The van der Waals surface area contributed by atoms with E-state index in [0.717, 1.165) is 28.5 Å². The van der Waals surface area contributed by atoms with Gasteiger partial charge in [-0.25, -0.2) is 14.6 Å². The summed E-state index contributed by atoms with van der Waals surface area (Å²) in [6.07, 6.45) is 5.77. The number of aromatic amines is 1. The summed E-state index contributed by atoms with van der Waals surface area (Å²) in [4.78, 5) is 26.7. The maximum absolute atomic E-state index is 13.2. The van der Waals surface area contributed by atoms with E-state index < -0.39 is 0 Å². The van der Waals surface area contributed by atoms with Crippen molar-refractivity contribution in [1.82, 2.24) is 24.7 Å². The van der Waals surface area contributed by atoms with E-state index in [0.29, 0.717) is 34.2 Å². The van der Waals surface area contributed by atoms with Gasteiger partial charge in [-0.1, -0.05) is 48.7 Å². The molecule has 0 atom stereocenters. The van der Waals surface area contributed by atoms with Gasteiger partial charge < -0.3 is 9.72 Å². The second-order valence-electron chi connectivity index (χ2n) is 8.58. The van der Waals surface area contributed by atoms with Gasteiger partial charge in [-0.3, -0.25) is 4.79 Å². The van der Waals surface area contributed by atoms with E-state index in [1.165, 1.54) is 24.8 Å². The van der Waals surface area contributed by atoms with E-state index in [1.54, 1.807) is 23.6 Å². The van der Waals surface area contributed by atoms with Crippen LogP contribution < -0.4 is 10.3 Å². The fourth-order valence-electron chi connectivity index (χ4n) is 4.52. The van der Waals surface area contributed by atoms with Crippen LogP contribution in [0.1, 0.15) is 49.3 Å². The molecule has 1 aromatic carbocycles. The number of ether oxygens (including phenoxy) is 1. The molecule has 0 aliphatic heterocycles. The van der Waals surface area contributed by atoms with Crippen LogP contribution in [0.15, 0.2) is 51.1 Å². The van der Waals surface area contributed by atoms with Gasteiger partial charge in [-0.05, 0) is 44.0 Å². The first kappa shape index (κ1) is 21.7. The molecular formula is C25H27N5O2S. The number of hydrogen-bond acceptors (Lipinski definition) is 6. The van der Waals surface area contributed by atoms with Crippen molar-refractivity contribution < 1.29 is 4.74 Å².